The molecule has 0 aliphatic rings. The van der Waals surface area contributed by atoms with Gasteiger partial charge in [0.15, 0.2) is 5.82 Å². The second kappa shape index (κ2) is 4.94. The maximum atomic E-state index is 12.1. The van der Waals surface area contributed by atoms with Gasteiger partial charge in [-0.3, -0.25) is 14.6 Å². The molecular weight excluding hydrogens is 356 g/mol. The smallest absolute Gasteiger partial charge is 0.272 e. The third-order valence-corrected chi connectivity index (χ3v) is 5.90. The number of amides is 1. The Morgan fingerprint density at radius 1 is 1.53 bits per heavy atom. The number of thiophene rings is 1. The van der Waals surface area contributed by atoms with Crippen LogP contribution in [-0.4, -0.2) is 24.5 Å². The first-order valence-electron chi connectivity index (χ1n) is 4.93. The number of nitrogens with one attached hydrogen (secondary N) is 2. The van der Waals surface area contributed by atoms with Gasteiger partial charge in [0.25, 0.3) is 15.9 Å². The summed E-state index contributed by atoms with van der Waals surface area (Å²) in [5.74, 6) is -0.703. The summed E-state index contributed by atoms with van der Waals surface area (Å²) in [6.07, 6.45) is 0. The molecule has 0 aromatic carbocycles. The maximum absolute atomic E-state index is 12.1. The van der Waals surface area contributed by atoms with E-state index in [0.29, 0.717) is 9.35 Å². The van der Waals surface area contributed by atoms with Gasteiger partial charge >= 0.3 is 0 Å². The third-order valence-electron chi connectivity index (χ3n) is 2.17. The molecule has 4 N–H and O–H groups in total. The van der Waals surface area contributed by atoms with Crippen molar-refractivity contribution in [3.63, 3.8) is 0 Å². The number of halogens is 1. The molecule has 0 saturated heterocycles. The van der Waals surface area contributed by atoms with Crippen molar-refractivity contribution < 1.29 is 13.2 Å². The number of aryl methyl sites for hydroxylation is 1. The van der Waals surface area contributed by atoms with Gasteiger partial charge in [-0.25, -0.2) is 8.42 Å². The van der Waals surface area contributed by atoms with Crippen LogP contribution in [0.5, 0.6) is 0 Å². The average molecular weight is 365 g/mol. The third kappa shape index (κ3) is 2.96. The number of nitrogens with two attached hydrogens (primary N) is 1. The number of carbonyl (C=O) groups excluding carboxylic acids is 1. The largest absolute Gasteiger partial charge is 0.364 e. The first-order valence-corrected chi connectivity index (χ1v) is 8.03. The highest BCUT2D eigenvalue weighted by molar-refractivity contribution is 9.11. The van der Waals surface area contributed by atoms with Crippen LogP contribution in [-0.2, 0) is 10.0 Å². The molecule has 19 heavy (non-hydrogen) atoms. The monoisotopic (exact) mass is 364 g/mol. The molecule has 2 rings (SSSR count). The van der Waals surface area contributed by atoms with E-state index in [1.54, 1.807) is 13.0 Å². The lowest BCUT2D eigenvalue weighted by Crippen LogP contribution is -2.13. The van der Waals surface area contributed by atoms with E-state index in [-0.39, 0.29) is 15.7 Å². The van der Waals surface area contributed by atoms with E-state index in [2.05, 4.69) is 30.8 Å². The average Bonchev–Trinajstić information content (AvgIpc) is 2.85. The molecule has 0 unspecified atom stereocenters. The standard InChI is InChI=1S/C9H9BrN4O3S2/c1-4-2-6(10)18-9(4)19(16,17)14-7-3-5(8(11)15)12-13-7/h2-3H,1H3,(H2,11,15)(H2,12,13,14). The molecule has 0 aliphatic heterocycles. The summed E-state index contributed by atoms with van der Waals surface area (Å²) >= 11 is 4.32. The van der Waals surface area contributed by atoms with Gasteiger partial charge < -0.3 is 5.73 Å². The minimum absolute atomic E-state index is 0.0118. The summed E-state index contributed by atoms with van der Waals surface area (Å²) < 4.78 is 27.4. The molecule has 10 heteroatoms. The van der Waals surface area contributed by atoms with E-state index < -0.39 is 15.9 Å². The lowest BCUT2D eigenvalue weighted by Gasteiger charge is -2.03. The van der Waals surface area contributed by atoms with Crippen molar-refractivity contribution in [1.29, 1.82) is 0 Å². The topological polar surface area (TPSA) is 118 Å². The number of hydrogen-bond acceptors (Lipinski definition) is 5. The van der Waals surface area contributed by atoms with Crippen molar-refractivity contribution >= 4 is 49.0 Å². The van der Waals surface area contributed by atoms with Crippen LogP contribution in [0.25, 0.3) is 0 Å². The van der Waals surface area contributed by atoms with Crippen LogP contribution in [0.2, 0.25) is 0 Å². The first kappa shape index (κ1) is 14.0. The highest BCUT2D eigenvalue weighted by Gasteiger charge is 2.21. The normalized spacial score (nSPS) is 11.5. The first-order chi connectivity index (χ1) is 8.79. The van der Waals surface area contributed by atoms with Gasteiger partial charge in [0.1, 0.15) is 9.90 Å². The number of hydrogen-bond donors (Lipinski definition) is 3. The van der Waals surface area contributed by atoms with Crippen molar-refractivity contribution in [3.8, 4) is 0 Å². The Morgan fingerprint density at radius 3 is 2.68 bits per heavy atom. The number of carbonyl (C=O) groups is 1. The molecule has 0 spiro atoms. The van der Waals surface area contributed by atoms with E-state index >= 15 is 0 Å². The number of anilines is 1. The molecule has 2 aromatic rings. The fraction of sp³-hybridized carbons (Fsp3) is 0.111. The summed E-state index contributed by atoms with van der Waals surface area (Å²) in [6, 6.07) is 2.94. The number of primary amides is 1. The molecule has 102 valence electrons. The molecule has 1 amide bonds. The molecule has 7 nitrogen and oxygen atoms in total. The van der Waals surface area contributed by atoms with Gasteiger partial charge in [0.05, 0.1) is 3.79 Å². The van der Waals surface area contributed by atoms with E-state index in [1.807, 2.05) is 0 Å². The number of sulfonamides is 1. The molecule has 0 bridgehead atoms. The Morgan fingerprint density at radius 2 is 2.21 bits per heavy atom. The van der Waals surface area contributed by atoms with E-state index in [1.165, 1.54) is 6.07 Å². The van der Waals surface area contributed by atoms with Gasteiger partial charge in [0.2, 0.25) is 0 Å². The van der Waals surface area contributed by atoms with Crippen LogP contribution in [0.3, 0.4) is 0 Å². The zero-order chi connectivity index (χ0) is 14.2. The van der Waals surface area contributed by atoms with Gasteiger partial charge in [0, 0.05) is 6.07 Å². The molecule has 0 radical (unpaired) electrons. The lowest BCUT2D eigenvalue weighted by molar-refractivity contribution is 0.0995. The Hall–Kier alpha value is -1.39. The minimum atomic E-state index is -3.73. The molecule has 0 aliphatic carbocycles. The maximum Gasteiger partial charge on any atom is 0.272 e. The van der Waals surface area contributed by atoms with Crippen LogP contribution in [0, 0.1) is 6.92 Å². The Labute approximate surface area is 121 Å². The molecule has 2 heterocycles. The van der Waals surface area contributed by atoms with Crippen molar-refractivity contribution in [2.45, 2.75) is 11.1 Å². The second-order valence-corrected chi connectivity index (χ2v) is 7.97. The Kier molecular flexibility index (Phi) is 3.65. The number of H-pyrrole nitrogens is 1. The van der Waals surface area contributed by atoms with Crippen molar-refractivity contribution in [3.05, 3.63) is 27.2 Å². The van der Waals surface area contributed by atoms with E-state index in [0.717, 1.165) is 11.3 Å². The number of aromatic nitrogens is 2. The van der Waals surface area contributed by atoms with Gasteiger partial charge in [-0.1, -0.05) is 0 Å². The van der Waals surface area contributed by atoms with E-state index in [4.69, 9.17) is 5.73 Å². The SMILES string of the molecule is Cc1cc(Br)sc1S(=O)(=O)Nc1cc(C(N)=O)[nH]n1. The van der Waals surface area contributed by atoms with Crippen LogP contribution in [0.15, 0.2) is 20.1 Å². The minimum Gasteiger partial charge on any atom is -0.364 e. The molecular formula is C9H9BrN4O3S2. The predicted octanol–water partition coefficient (Wildman–Crippen LogP) is 1.44. The van der Waals surface area contributed by atoms with Gasteiger partial charge in [-0.05, 0) is 34.5 Å². The number of rotatable bonds is 4. The van der Waals surface area contributed by atoms with E-state index in [9.17, 15) is 13.2 Å². The summed E-state index contributed by atoms with van der Waals surface area (Å²) in [6.45, 7) is 1.69. The van der Waals surface area contributed by atoms with Gasteiger partial charge in [-0.15, -0.1) is 11.3 Å². The second-order valence-electron chi connectivity index (χ2n) is 3.66. The molecule has 0 saturated carbocycles. The quantitative estimate of drug-likeness (QED) is 0.760. The summed E-state index contributed by atoms with van der Waals surface area (Å²) in [5.41, 5.74) is 5.69. The predicted molar refractivity (Wildman–Crippen MR) is 74.7 cm³/mol. The zero-order valence-electron chi connectivity index (χ0n) is 9.60. The zero-order valence-corrected chi connectivity index (χ0v) is 12.8. The van der Waals surface area contributed by atoms with Gasteiger partial charge in [-0.2, -0.15) is 5.10 Å². The van der Waals surface area contributed by atoms with Crippen LogP contribution in [0.1, 0.15) is 16.1 Å². The summed E-state index contributed by atoms with van der Waals surface area (Å²) in [7, 11) is -3.73. The van der Waals surface area contributed by atoms with Crippen LogP contribution in [0.4, 0.5) is 5.82 Å². The Bertz CT molecular complexity index is 734. The molecule has 0 atom stereocenters. The molecule has 0 fully saturated rings. The molecule has 2 aromatic heterocycles. The number of aromatic amines is 1. The van der Waals surface area contributed by atoms with Crippen LogP contribution < -0.4 is 10.5 Å². The fourth-order valence-electron chi connectivity index (χ4n) is 1.38. The highest BCUT2D eigenvalue weighted by atomic mass is 79.9. The highest BCUT2D eigenvalue weighted by Crippen LogP contribution is 2.31. The summed E-state index contributed by atoms with van der Waals surface area (Å²) in [5, 5.41) is 6.00. The fourth-order valence-corrected chi connectivity index (χ4v) is 4.95. The van der Waals surface area contributed by atoms with Crippen molar-refractivity contribution in [1.82, 2.24) is 10.2 Å². The van der Waals surface area contributed by atoms with Crippen LogP contribution >= 0.6 is 27.3 Å². The summed E-state index contributed by atoms with van der Waals surface area (Å²) in [4.78, 5) is 10.9. The lowest BCUT2D eigenvalue weighted by atomic mass is 10.4. The van der Waals surface area contributed by atoms with Crippen molar-refractivity contribution in [2.75, 3.05) is 4.72 Å². The Balaban J connectivity index is 2.31. The number of nitrogens with zero attached hydrogens (tertiary/aromatic N) is 1. The van der Waals surface area contributed by atoms with Crippen molar-refractivity contribution in [2.24, 2.45) is 5.73 Å².